The van der Waals surface area contributed by atoms with Crippen molar-refractivity contribution in [3.05, 3.63) is 94.8 Å². The van der Waals surface area contributed by atoms with Crippen molar-refractivity contribution >= 4 is 39.0 Å². The first-order valence-electron chi connectivity index (χ1n) is 8.70. The second-order valence-corrected chi connectivity index (χ2v) is 8.37. The van der Waals surface area contributed by atoms with Crippen molar-refractivity contribution in [2.24, 2.45) is 0 Å². The third-order valence-electron chi connectivity index (χ3n) is 4.10. The molecule has 0 saturated heterocycles. The molecule has 0 bridgehead atoms. The maximum atomic E-state index is 13.0. The summed E-state index contributed by atoms with van der Waals surface area (Å²) in [7, 11) is -3.89. The smallest absolute Gasteiger partial charge is 0.261 e. The first kappa shape index (κ1) is 21.5. The lowest BCUT2D eigenvalue weighted by atomic mass is 10.1. The van der Waals surface area contributed by atoms with Crippen LogP contribution < -0.4 is 10.0 Å². The van der Waals surface area contributed by atoms with Crippen molar-refractivity contribution in [1.29, 1.82) is 0 Å². The molecule has 0 saturated carbocycles. The Morgan fingerprint density at radius 3 is 2.00 bits per heavy atom. The van der Waals surface area contributed by atoms with Crippen LogP contribution in [-0.2, 0) is 10.0 Å². The summed E-state index contributed by atoms with van der Waals surface area (Å²) in [5.41, 5.74) is 0.905. The molecule has 0 aromatic heterocycles. The fourth-order valence-corrected chi connectivity index (χ4v) is 3.70. The molecule has 2 N–H and O–H groups in total. The van der Waals surface area contributed by atoms with E-state index in [9.17, 15) is 22.4 Å². The Morgan fingerprint density at radius 1 is 0.833 bits per heavy atom. The molecule has 0 aliphatic rings. The summed E-state index contributed by atoms with van der Waals surface area (Å²) in [5.74, 6) is -1.30. The van der Waals surface area contributed by atoms with Crippen LogP contribution in [-0.4, -0.2) is 26.7 Å². The van der Waals surface area contributed by atoms with Crippen LogP contribution in [0, 0.1) is 5.82 Å². The van der Waals surface area contributed by atoms with Gasteiger partial charge in [0.15, 0.2) is 5.78 Å². The molecule has 0 aliphatic carbocycles. The van der Waals surface area contributed by atoms with Gasteiger partial charge in [-0.05, 0) is 72.8 Å². The number of carbonyl (C=O) groups is 2. The van der Waals surface area contributed by atoms with Crippen LogP contribution in [0.5, 0.6) is 0 Å². The maximum absolute atomic E-state index is 13.0. The summed E-state index contributed by atoms with van der Waals surface area (Å²) >= 11 is 5.78. The molecule has 0 spiro atoms. The number of carbonyl (C=O) groups excluding carboxylic acids is 2. The van der Waals surface area contributed by atoms with Gasteiger partial charge in [0.1, 0.15) is 5.82 Å². The number of anilines is 1. The Bertz CT molecular complexity index is 1160. The van der Waals surface area contributed by atoms with E-state index in [1.807, 2.05) is 0 Å². The zero-order chi connectivity index (χ0) is 21.7. The summed E-state index contributed by atoms with van der Waals surface area (Å²) in [6.45, 7) is -0.195. The lowest BCUT2D eigenvalue weighted by molar-refractivity contribution is 0.0904. The van der Waals surface area contributed by atoms with Crippen LogP contribution in [0.1, 0.15) is 20.7 Å². The number of rotatable bonds is 7. The van der Waals surface area contributed by atoms with Crippen molar-refractivity contribution in [1.82, 2.24) is 5.32 Å². The summed E-state index contributed by atoms with van der Waals surface area (Å²) in [6.07, 6.45) is 0. The van der Waals surface area contributed by atoms with Gasteiger partial charge in [-0.3, -0.25) is 14.3 Å². The first-order valence-corrected chi connectivity index (χ1v) is 10.6. The predicted molar refractivity (Wildman–Crippen MR) is 112 cm³/mol. The van der Waals surface area contributed by atoms with Gasteiger partial charge in [0.25, 0.3) is 15.9 Å². The average Bonchev–Trinajstić information content (AvgIpc) is 2.73. The highest BCUT2D eigenvalue weighted by atomic mass is 35.5. The van der Waals surface area contributed by atoms with Gasteiger partial charge >= 0.3 is 0 Å². The fraction of sp³-hybridized carbons (Fsp3) is 0.0476. The number of sulfonamides is 1. The van der Waals surface area contributed by atoms with Crippen molar-refractivity contribution in [3.8, 4) is 0 Å². The zero-order valence-electron chi connectivity index (χ0n) is 15.4. The van der Waals surface area contributed by atoms with Crippen molar-refractivity contribution in [2.75, 3.05) is 11.3 Å². The molecule has 3 rings (SSSR count). The van der Waals surface area contributed by atoms with Gasteiger partial charge in [-0.1, -0.05) is 11.6 Å². The molecule has 30 heavy (non-hydrogen) atoms. The number of ketones is 1. The minimum absolute atomic E-state index is 0.0913. The minimum atomic E-state index is -3.89. The number of hydrogen-bond acceptors (Lipinski definition) is 4. The molecular weight excluding hydrogens is 431 g/mol. The van der Waals surface area contributed by atoms with Crippen LogP contribution in [0.2, 0.25) is 5.02 Å². The molecule has 3 aromatic rings. The molecule has 0 unspecified atom stereocenters. The largest absolute Gasteiger partial charge is 0.345 e. The van der Waals surface area contributed by atoms with Crippen LogP contribution in [0.15, 0.2) is 77.7 Å². The SMILES string of the molecule is O=C(CNC(=O)c1ccc(NS(=O)(=O)c2ccc(F)cc2)cc1)c1ccc(Cl)cc1. The van der Waals surface area contributed by atoms with E-state index in [1.165, 1.54) is 24.3 Å². The fourth-order valence-electron chi connectivity index (χ4n) is 2.52. The van der Waals surface area contributed by atoms with Crippen LogP contribution in [0.25, 0.3) is 0 Å². The third-order valence-corrected chi connectivity index (χ3v) is 5.75. The maximum Gasteiger partial charge on any atom is 0.261 e. The molecule has 0 radical (unpaired) electrons. The number of amides is 1. The van der Waals surface area contributed by atoms with E-state index in [4.69, 9.17) is 11.6 Å². The molecule has 0 fully saturated rings. The highest BCUT2D eigenvalue weighted by molar-refractivity contribution is 7.92. The van der Waals surface area contributed by atoms with E-state index in [0.29, 0.717) is 10.6 Å². The lowest BCUT2D eigenvalue weighted by Gasteiger charge is -2.09. The van der Waals surface area contributed by atoms with E-state index < -0.39 is 21.7 Å². The van der Waals surface area contributed by atoms with Crippen LogP contribution >= 0.6 is 11.6 Å². The molecule has 1 amide bonds. The minimum Gasteiger partial charge on any atom is -0.345 e. The van der Waals surface area contributed by atoms with Gasteiger partial charge in [-0.15, -0.1) is 0 Å². The second-order valence-electron chi connectivity index (χ2n) is 6.25. The van der Waals surface area contributed by atoms with E-state index >= 15 is 0 Å². The standard InChI is InChI=1S/C21H16ClFN2O4S/c22-16-5-1-14(2-6-16)20(26)13-24-21(27)15-3-9-18(10-4-15)25-30(28,29)19-11-7-17(23)8-12-19/h1-12,25H,13H2,(H,24,27). The lowest BCUT2D eigenvalue weighted by Crippen LogP contribution is -2.29. The Kier molecular flexibility index (Phi) is 6.49. The molecule has 154 valence electrons. The van der Waals surface area contributed by atoms with Crippen molar-refractivity contribution in [2.45, 2.75) is 4.90 Å². The highest BCUT2D eigenvalue weighted by Gasteiger charge is 2.15. The van der Waals surface area contributed by atoms with Crippen molar-refractivity contribution in [3.63, 3.8) is 0 Å². The van der Waals surface area contributed by atoms with E-state index in [1.54, 1.807) is 24.3 Å². The van der Waals surface area contributed by atoms with Gasteiger partial charge < -0.3 is 5.32 Å². The number of hydrogen-bond donors (Lipinski definition) is 2. The number of benzene rings is 3. The third kappa shape index (κ3) is 5.43. The molecule has 0 atom stereocenters. The monoisotopic (exact) mass is 446 g/mol. The zero-order valence-corrected chi connectivity index (χ0v) is 17.0. The Morgan fingerprint density at radius 2 is 1.40 bits per heavy atom. The molecule has 0 heterocycles. The molecule has 9 heteroatoms. The summed E-state index contributed by atoms with van der Waals surface area (Å²) in [5, 5.41) is 3.02. The predicted octanol–water partition coefficient (Wildman–Crippen LogP) is 3.89. The van der Waals surface area contributed by atoms with Gasteiger partial charge in [0, 0.05) is 21.8 Å². The van der Waals surface area contributed by atoms with Gasteiger partial charge in [-0.2, -0.15) is 0 Å². The molecule has 3 aromatic carbocycles. The van der Waals surface area contributed by atoms with Crippen molar-refractivity contribution < 1.29 is 22.4 Å². The summed E-state index contributed by atoms with van der Waals surface area (Å²) in [4.78, 5) is 24.2. The Hall–Kier alpha value is -3.23. The van der Waals surface area contributed by atoms with E-state index in [2.05, 4.69) is 10.0 Å². The van der Waals surface area contributed by atoms with Crippen LogP contribution in [0.4, 0.5) is 10.1 Å². The summed E-state index contributed by atoms with van der Waals surface area (Å²) < 4.78 is 39.9. The van der Waals surface area contributed by atoms with Gasteiger partial charge in [-0.25, -0.2) is 12.8 Å². The number of halogens is 2. The molecular formula is C21H16ClFN2O4S. The molecule has 0 aliphatic heterocycles. The molecule has 6 nitrogen and oxygen atoms in total. The Balaban J connectivity index is 1.60. The van der Waals surface area contributed by atoms with E-state index in [-0.39, 0.29) is 28.5 Å². The second kappa shape index (κ2) is 9.06. The highest BCUT2D eigenvalue weighted by Crippen LogP contribution is 2.17. The number of Topliss-reactive ketones (excluding diaryl/α,β-unsaturated/α-hetero) is 1. The quantitative estimate of drug-likeness (QED) is 0.538. The van der Waals surface area contributed by atoms with Gasteiger partial charge in [0.05, 0.1) is 11.4 Å². The average molecular weight is 447 g/mol. The summed E-state index contributed by atoms with van der Waals surface area (Å²) in [6, 6.07) is 16.4. The number of nitrogens with one attached hydrogen (secondary N) is 2. The topological polar surface area (TPSA) is 92.3 Å². The van der Waals surface area contributed by atoms with E-state index in [0.717, 1.165) is 24.3 Å². The van der Waals surface area contributed by atoms with Crippen LogP contribution in [0.3, 0.4) is 0 Å². The van der Waals surface area contributed by atoms with Gasteiger partial charge in [0.2, 0.25) is 0 Å². The Labute approximate surface area is 177 Å². The normalized spacial score (nSPS) is 11.0. The first-order chi connectivity index (χ1) is 14.2.